The molecule has 0 aliphatic rings. The van der Waals surface area contributed by atoms with Gasteiger partial charge in [0.25, 0.3) is 5.91 Å². The van der Waals surface area contributed by atoms with Crippen molar-refractivity contribution in [3.05, 3.63) is 66.7 Å². The van der Waals surface area contributed by atoms with E-state index in [9.17, 15) is 18.0 Å². The van der Waals surface area contributed by atoms with Crippen LogP contribution in [0.5, 0.6) is 5.75 Å². The normalized spacial score (nSPS) is 11.2. The topological polar surface area (TPSA) is 69.0 Å². The third-order valence-corrected chi connectivity index (χ3v) is 3.34. The molecule has 9 heteroatoms. The van der Waals surface area contributed by atoms with E-state index in [1.165, 1.54) is 35.5 Å². The zero-order chi connectivity index (χ0) is 18.6. The molecule has 0 radical (unpaired) electrons. The van der Waals surface area contributed by atoms with Crippen LogP contribution in [0.4, 0.5) is 18.9 Å². The summed E-state index contributed by atoms with van der Waals surface area (Å²) in [6.45, 7) is -1.44. The van der Waals surface area contributed by atoms with Crippen molar-refractivity contribution in [3.63, 3.8) is 0 Å². The maximum Gasteiger partial charge on any atom is 0.422 e. The minimum Gasteiger partial charge on any atom is -0.482 e. The van der Waals surface area contributed by atoms with E-state index in [0.29, 0.717) is 11.3 Å². The number of carbonyl (C=O) groups is 1. The average Bonchev–Trinajstić information content (AvgIpc) is 3.15. The number of amides is 1. The molecular weight excluding hydrogens is 349 g/mol. The maximum absolute atomic E-state index is 12.3. The summed E-state index contributed by atoms with van der Waals surface area (Å²) in [5.41, 5.74) is 1.20. The second-order valence-corrected chi connectivity index (χ2v) is 5.24. The fourth-order valence-electron chi connectivity index (χ4n) is 2.16. The van der Waals surface area contributed by atoms with Crippen LogP contribution in [0.2, 0.25) is 0 Å². The summed E-state index contributed by atoms with van der Waals surface area (Å²) in [4.78, 5) is 16.2. The minimum absolute atomic E-state index is 0.0580. The number of aromatic nitrogens is 3. The monoisotopic (exact) mass is 362 g/mol. The van der Waals surface area contributed by atoms with Crippen LogP contribution in [0, 0.1) is 0 Å². The molecule has 0 bridgehead atoms. The van der Waals surface area contributed by atoms with E-state index in [1.54, 1.807) is 30.3 Å². The number of nitrogens with zero attached hydrogens (tertiary/aromatic N) is 3. The molecule has 3 aromatic rings. The molecule has 0 aliphatic heterocycles. The number of rotatable bonds is 5. The number of benzene rings is 2. The molecule has 0 atom stereocenters. The minimum atomic E-state index is -4.46. The van der Waals surface area contributed by atoms with E-state index in [4.69, 9.17) is 4.74 Å². The second-order valence-electron chi connectivity index (χ2n) is 5.24. The van der Waals surface area contributed by atoms with Crippen LogP contribution in [0.15, 0.2) is 61.2 Å². The fraction of sp³-hybridized carbons (Fsp3) is 0.118. The first-order chi connectivity index (χ1) is 12.4. The lowest BCUT2D eigenvalue weighted by Crippen LogP contribution is -2.20. The quantitative estimate of drug-likeness (QED) is 0.755. The Morgan fingerprint density at radius 2 is 1.85 bits per heavy atom. The second kappa shape index (κ2) is 7.26. The van der Waals surface area contributed by atoms with Crippen LogP contribution < -0.4 is 10.1 Å². The Hall–Kier alpha value is -3.36. The molecule has 0 unspecified atom stereocenters. The van der Waals surface area contributed by atoms with Gasteiger partial charge in [-0.1, -0.05) is 12.1 Å². The van der Waals surface area contributed by atoms with Gasteiger partial charge in [0.05, 0.1) is 11.4 Å². The lowest BCUT2D eigenvalue weighted by Gasteiger charge is -2.14. The molecule has 0 fully saturated rings. The number of alkyl halides is 3. The lowest BCUT2D eigenvalue weighted by molar-refractivity contribution is -0.153. The molecule has 0 saturated carbocycles. The summed E-state index contributed by atoms with van der Waals surface area (Å²) in [5, 5.41) is 6.53. The van der Waals surface area contributed by atoms with Gasteiger partial charge in [-0.3, -0.25) is 4.79 Å². The number of ether oxygens (including phenoxy) is 1. The molecule has 1 heterocycles. The lowest BCUT2D eigenvalue weighted by atomic mass is 10.2. The smallest absolute Gasteiger partial charge is 0.422 e. The Bertz CT molecular complexity index is 878. The summed E-state index contributed by atoms with van der Waals surface area (Å²) in [5.74, 6) is -0.532. The van der Waals surface area contributed by atoms with Gasteiger partial charge in [0.1, 0.15) is 18.4 Å². The first-order valence-corrected chi connectivity index (χ1v) is 7.47. The van der Waals surface area contributed by atoms with Gasteiger partial charge < -0.3 is 10.1 Å². The highest BCUT2D eigenvalue weighted by Crippen LogP contribution is 2.26. The fourth-order valence-corrected chi connectivity index (χ4v) is 2.16. The largest absolute Gasteiger partial charge is 0.482 e. The third-order valence-electron chi connectivity index (χ3n) is 3.34. The molecular formula is C17H13F3N4O2. The molecule has 0 aliphatic carbocycles. The average molecular weight is 362 g/mol. The molecule has 2 aromatic carbocycles. The number of nitrogens with one attached hydrogen (secondary N) is 1. The molecule has 1 N–H and O–H groups in total. The summed E-state index contributed by atoms with van der Waals surface area (Å²) in [6.07, 6.45) is -1.56. The SMILES string of the molecule is O=C(Nc1ccccc1OCC(F)(F)F)c1ccc(-n2cncn2)cc1. The molecule has 1 aromatic heterocycles. The summed E-state index contributed by atoms with van der Waals surface area (Å²) in [6, 6.07) is 12.4. The van der Waals surface area contributed by atoms with Crippen molar-refractivity contribution in [1.82, 2.24) is 14.8 Å². The Labute approximate surface area is 146 Å². The van der Waals surface area contributed by atoms with Crippen molar-refractivity contribution in [2.45, 2.75) is 6.18 Å². The van der Waals surface area contributed by atoms with Gasteiger partial charge in [0.2, 0.25) is 0 Å². The highest BCUT2D eigenvalue weighted by Gasteiger charge is 2.28. The molecule has 134 valence electrons. The highest BCUT2D eigenvalue weighted by atomic mass is 19.4. The third kappa shape index (κ3) is 4.38. The molecule has 1 amide bonds. The van der Waals surface area contributed by atoms with Crippen molar-refractivity contribution < 1.29 is 22.7 Å². The molecule has 6 nitrogen and oxygen atoms in total. The van der Waals surface area contributed by atoms with E-state index >= 15 is 0 Å². The van der Waals surface area contributed by atoms with Crippen LogP contribution in [0.1, 0.15) is 10.4 Å². The van der Waals surface area contributed by atoms with Gasteiger partial charge in [-0.15, -0.1) is 0 Å². The van der Waals surface area contributed by atoms with Crippen LogP contribution in [0.3, 0.4) is 0 Å². The van der Waals surface area contributed by atoms with Gasteiger partial charge in [-0.25, -0.2) is 9.67 Å². The Balaban J connectivity index is 1.72. The zero-order valence-electron chi connectivity index (χ0n) is 13.3. The predicted molar refractivity (Wildman–Crippen MR) is 87.3 cm³/mol. The van der Waals surface area contributed by atoms with Crippen molar-refractivity contribution in [2.24, 2.45) is 0 Å². The van der Waals surface area contributed by atoms with Crippen LogP contribution in [-0.4, -0.2) is 33.5 Å². The Kier molecular flexibility index (Phi) is 4.87. The molecule has 0 saturated heterocycles. The predicted octanol–water partition coefficient (Wildman–Crippen LogP) is 3.46. The molecule has 26 heavy (non-hydrogen) atoms. The molecule has 0 spiro atoms. The van der Waals surface area contributed by atoms with Gasteiger partial charge >= 0.3 is 6.18 Å². The first kappa shape index (κ1) is 17.5. The standard InChI is InChI=1S/C17H13F3N4O2/c18-17(19,20)9-26-15-4-2-1-3-14(15)23-16(25)12-5-7-13(8-6-12)24-11-21-10-22-24/h1-8,10-11H,9H2,(H,23,25). The number of anilines is 1. The Morgan fingerprint density at radius 3 is 2.50 bits per heavy atom. The first-order valence-electron chi connectivity index (χ1n) is 7.47. The van der Waals surface area contributed by atoms with Gasteiger partial charge in [-0.05, 0) is 36.4 Å². The maximum atomic E-state index is 12.3. The van der Waals surface area contributed by atoms with Gasteiger partial charge in [-0.2, -0.15) is 18.3 Å². The van der Waals surface area contributed by atoms with E-state index in [2.05, 4.69) is 15.4 Å². The van der Waals surface area contributed by atoms with Gasteiger partial charge in [0, 0.05) is 5.56 Å². The summed E-state index contributed by atoms with van der Waals surface area (Å²) in [7, 11) is 0. The highest BCUT2D eigenvalue weighted by molar-refractivity contribution is 6.05. The number of hydrogen-bond donors (Lipinski definition) is 1. The Morgan fingerprint density at radius 1 is 1.12 bits per heavy atom. The van der Waals surface area contributed by atoms with Crippen molar-refractivity contribution in [2.75, 3.05) is 11.9 Å². The number of halogens is 3. The van der Waals surface area contributed by atoms with Crippen LogP contribution in [0.25, 0.3) is 5.69 Å². The number of para-hydroxylation sites is 2. The number of carbonyl (C=O) groups excluding carboxylic acids is 1. The molecule has 3 rings (SSSR count). The van der Waals surface area contributed by atoms with Crippen molar-refractivity contribution in [3.8, 4) is 11.4 Å². The van der Waals surface area contributed by atoms with E-state index in [-0.39, 0.29) is 11.4 Å². The van der Waals surface area contributed by atoms with Crippen LogP contribution in [-0.2, 0) is 0 Å². The van der Waals surface area contributed by atoms with Gasteiger partial charge in [0.15, 0.2) is 6.61 Å². The van der Waals surface area contributed by atoms with Crippen molar-refractivity contribution in [1.29, 1.82) is 0 Å². The van der Waals surface area contributed by atoms with E-state index in [0.717, 1.165) is 0 Å². The zero-order valence-corrected chi connectivity index (χ0v) is 13.3. The number of hydrogen-bond acceptors (Lipinski definition) is 4. The van der Waals surface area contributed by atoms with E-state index < -0.39 is 18.7 Å². The van der Waals surface area contributed by atoms with E-state index in [1.807, 2.05) is 0 Å². The van der Waals surface area contributed by atoms with Crippen molar-refractivity contribution >= 4 is 11.6 Å². The summed E-state index contributed by atoms with van der Waals surface area (Å²) >= 11 is 0. The van der Waals surface area contributed by atoms with Crippen LogP contribution >= 0.6 is 0 Å². The summed E-state index contributed by atoms with van der Waals surface area (Å²) < 4.78 is 43.3.